The van der Waals surface area contributed by atoms with Gasteiger partial charge in [-0.2, -0.15) is 4.98 Å². The maximum atomic E-state index is 14.8. The summed E-state index contributed by atoms with van der Waals surface area (Å²) in [7, 11) is 5.09. The third-order valence-corrected chi connectivity index (χ3v) is 6.79. The Morgan fingerprint density at radius 1 is 1.24 bits per heavy atom. The molecule has 1 aliphatic rings. The molecule has 0 radical (unpaired) electrons. The van der Waals surface area contributed by atoms with Crippen molar-refractivity contribution < 1.29 is 27.8 Å². The minimum absolute atomic E-state index is 0.0160. The average molecular weight is 533 g/mol. The molecule has 0 bridgehead atoms. The summed E-state index contributed by atoms with van der Waals surface area (Å²) in [5.74, 6) is -0.506. The number of alkyl halides is 2. The first-order valence-corrected chi connectivity index (χ1v) is 12.2. The molecule has 204 valence electrons. The van der Waals surface area contributed by atoms with Crippen molar-refractivity contribution in [2.45, 2.75) is 37.8 Å². The van der Waals surface area contributed by atoms with Crippen molar-refractivity contribution in [2.75, 3.05) is 46.2 Å². The number of carbonyl (C=O) groups is 1. The lowest BCUT2D eigenvalue weighted by Gasteiger charge is -2.39. The standard InChI is InChI=1S/C26H31F3N6O3/c1-15(16-6-5-7-17(21(16)27)22(28)29)32-23-18-12-19(25(38-4)33-24(18)31-14-30-23)26(37)8-10-35(11-9-26)20(36)13-34(2)3/h5-7,12,14-15,22,37H,8-11,13H2,1-4H3,(H,30,31,32,33)/t15-/m1/s1. The molecule has 0 unspecified atom stereocenters. The van der Waals surface area contributed by atoms with Crippen molar-refractivity contribution in [3.05, 3.63) is 53.1 Å². The SMILES string of the molecule is COc1nc2ncnc(N[C@H](C)c3cccc(C(F)F)c3F)c2cc1C1(O)CCN(C(=O)CN(C)C)CC1. The predicted molar refractivity (Wildman–Crippen MR) is 136 cm³/mol. The highest BCUT2D eigenvalue weighted by Gasteiger charge is 2.38. The van der Waals surface area contributed by atoms with Crippen molar-refractivity contribution in [3.8, 4) is 5.88 Å². The number of halogens is 3. The third kappa shape index (κ3) is 5.51. The van der Waals surface area contributed by atoms with Crippen LogP contribution in [0.1, 0.15) is 48.9 Å². The van der Waals surface area contributed by atoms with Crippen molar-refractivity contribution in [1.29, 1.82) is 0 Å². The zero-order valence-electron chi connectivity index (χ0n) is 21.7. The number of nitrogens with zero attached hydrogens (tertiary/aromatic N) is 5. The minimum atomic E-state index is -2.94. The van der Waals surface area contributed by atoms with Crippen LogP contribution in [0.5, 0.6) is 5.88 Å². The number of carbonyl (C=O) groups excluding carboxylic acids is 1. The first kappa shape index (κ1) is 27.5. The van der Waals surface area contributed by atoms with Crippen molar-refractivity contribution >= 4 is 22.8 Å². The summed E-state index contributed by atoms with van der Waals surface area (Å²) in [5.41, 5.74) is -1.24. The van der Waals surface area contributed by atoms with Gasteiger partial charge in [0.1, 0.15) is 18.0 Å². The molecule has 1 fully saturated rings. The van der Waals surface area contributed by atoms with Crippen molar-refractivity contribution in [3.63, 3.8) is 0 Å². The lowest BCUT2D eigenvalue weighted by Crippen LogP contribution is -2.47. The molecule has 0 aliphatic carbocycles. The van der Waals surface area contributed by atoms with E-state index in [0.717, 1.165) is 6.07 Å². The Morgan fingerprint density at radius 3 is 2.55 bits per heavy atom. The summed E-state index contributed by atoms with van der Waals surface area (Å²) in [6.07, 6.45) is -1.12. The molecule has 1 saturated heterocycles. The van der Waals surface area contributed by atoms with Crippen LogP contribution >= 0.6 is 0 Å². The maximum absolute atomic E-state index is 14.8. The Balaban J connectivity index is 1.66. The monoisotopic (exact) mass is 532 g/mol. The van der Waals surface area contributed by atoms with Gasteiger partial charge in [0.25, 0.3) is 6.43 Å². The number of rotatable bonds is 8. The molecule has 2 N–H and O–H groups in total. The summed E-state index contributed by atoms with van der Waals surface area (Å²) in [5, 5.41) is 15.1. The second-order valence-electron chi connectivity index (χ2n) is 9.71. The van der Waals surface area contributed by atoms with E-state index in [2.05, 4.69) is 20.3 Å². The van der Waals surface area contributed by atoms with Crippen LogP contribution in [0.3, 0.4) is 0 Å². The van der Waals surface area contributed by atoms with Gasteiger partial charge in [0, 0.05) is 24.2 Å². The van der Waals surface area contributed by atoms with E-state index >= 15 is 0 Å². The van der Waals surface area contributed by atoms with Crippen LogP contribution in [0.15, 0.2) is 30.6 Å². The van der Waals surface area contributed by atoms with Crippen LogP contribution in [-0.4, -0.2) is 76.6 Å². The Bertz CT molecular complexity index is 1310. The van der Waals surface area contributed by atoms with E-state index in [9.17, 15) is 23.1 Å². The molecule has 1 amide bonds. The van der Waals surface area contributed by atoms with Crippen molar-refractivity contribution in [2.24, 2.45) is 0 Å². The van der Waals surface area contributed by atoms with E-state index in [0.29, 0.717) is 29.9 Å². The minimum Gasteiger partial charge on any atom is -0.481 e. The molecule has 12 heteroatoms. The van der Waals surface area contributed by atoms with Gasteiger partial charge >= 0.3 is 0 Å². The van der Waals surface area contributed by atoms with Gasteiger partial charge in [-0.3, -0.25) is 4.79 Å². The zero-order chi connectivity index (χ0) is 27.6. The number of methoxy groups -OCH3 is 1. The average Bonchev–Trinajstić information content (AvgIpc) is 2.88. The molecule has 9 nitrogen and oxygen atoms in total. The molecule has 4 rings (SSSR count). The van der Waals surface area contributed by atoms with E-state index in [1.165, 1.54) is 25.6 Å². The predicted octanol–water partition coefficient (Wildman–Crippen LogP) is 3.65. The molecule has 1 atom stereocenters. The van der Waals surface area contributed by atoms with Gasteiger partial charge in [-0.15, -0.1) is 0 Å². The number of likely N-dealkylation sites (tertiary alicyclic amines) is 1. The van der Waals surface area contributed by atoms with E-state index in [1.54, 1.807) is 22.8 Å². The number of aliphatic hydroxyl groups is 1. The Labute approximate surface area is 218 Å². The Hall–Kier alpha value is -3.51. The second-order valence-corrected chi connectivity index (χ2v) is 9.71. The summed E-state index contributed by atoms with van der Waals surface area (Å²) < 4.78 is 46.7. The van der Waals surface area contributed by atoms with Gasteiger partial charge < -0.3 is 25.0 Å². The van der Waals surface area contributed by atoms with Gasteiger partial charge in [-0.25, -0.2) is 23.1 Å². The number of benzene rings is 1. The number of fused-ring (bicyclic) bond motifs is 1. The molecule has 38 heavy (non-hydrogen) atoms. The number of anilines is 1. The fourth-order valence-corrected chi connectivity index (χ4v) is 4.69. The summed E-state index contributed by atoms with van der Waals surface area (Å²) in [4.78, 5) is 28.9. The largest absolute Gasteiger partial charge is 0.481 e. The molecular weight excluding hydrogens is 501 g/mol. The van der Waals surface area contributed by atoms with Crippen LogP contribution in [0, 0.1) is 5.82 Å². The first-order chi connectivity index (χ1) is 18.0. The molecule has 1 aliphatic heterocycles. The van der Waals surface area contributed by atoms with Gasteiger partial charge in [0.2, 0.25) is 11.8 Å². The lowest BCUT2D eigenvalue weighted by atomic mass is 9.84. The molecule has 1 aromatic carbocycles. The van der Waals surface area contributed by atoms with Gasteiger partial charge in [-0.1, -0.05) is 18.2 Å². The third-order valence-electron chi connectivity index (χ3n) is 6.79. The van der Waals surface area contributed by atoms with Gasteiger partial charge in [-0.05, 0) is 39.9 Å². The van der Waals surface area contributed by atoms with Crippen LogP contribution in [0.25, 0.3) is 11.0 Å². The highest BCUT2D eigenvalue weighted by molar-refractivity contribution is 5.87. The number of aromatic nitrogens is 3. The number of ether oxygens (including phenoxy) is 1. The fraction of sp³-hybridized carbons (Fsp3) is 0.462. The number of piperidine rings is 1. The molecule has 0 saturated carbocycles. The number of amides is 1. The van der Waals surface area contributed by atoms with E-state index in [1.807, 2.05) is 14.1 Å². The molecule has 3 aromatic rings. The van der Waals surface area contributed by atoms with E-state index in [4.69, 9.17) is 4.74 Å². The lowest BCUT2D eigenvalue weighted by molar-refractivity contribution is -0.136. The zero-order valence-corrected chi connectivity index (χ0v) is 21.7. The number of nitrogens with one attached hydrogen (secondary N) is 1. The normalized spacial score (nSPS) is 16.2. The van der Waals surface area contributed by atoms with E-state index in [-0.39, 0.29) is 42.4 Å². The number of hydrogen-bond acceptors (Lipinski definition) is 8. The number of hydrogen-bond donors (Lipinski definition) is 2. The quantitative estimate of drug-likeness (QED) is 0.453. The van der Waals surface area contributed by atoms with Crippen molar-refractivity contribution in [1.82, 2.24) is 24.8 Å². The van der Waals surface area contributed by atoms with E-state index < -0.39 is 29.4 Å². The Kier molecular flexibility index (Phi) is 8.02. The Morgan fingerprint density at radius 2 is 1.92 bits per heavy atom. The number of likely N-dealkylation sites (N-methyl/N-ethyl adjacent to an activating group) is 1. The van der Waals surface area contributed by atoms with Crippen LogP contribution < -0.4 is 10.1 Å². The maximum Gasteiger partial charge on any atom is 0.266 e. The topological polar surface area (TPSA) is 104 Å². The first-order valence-electron chi connectivity index (χ1n) is 12.2. The van der Waals surface area contributed by atoms with Crippen LogP contribution in [0.2, 0.25) is 0 Å². The molecule has 2 aromatic heterocycles. The second kappa shape index (κ2) is 11.1. The molecule has 0 spiro atoms. The van der Waals surface area contributed by atoms with Gasteiger partial charge in [0.05, 0.1) is 36.2 Å². The molecule has 3 heterocycles. The summed E-state index contributed by atoms with van der Waals surface area (Å²) in [6.45, 7) is 2.63. The van der Waals surface area contributed by atoms with Crippen LogP contribution in [0.4, 0.5) is 19.0 Å². The van der Waals surface area contributed by atoms with Crippen LogP contribution in [-0.2, 0) is 10.4 Å². The smallest absolute Gasteiger partial charge is 0.266 e. The highest BCUT2D eigenvalue weighted by atomic mass is 19.3. The summed E-state index contributed by atoms with van der Waals surface area (Å²) in [6, 6.07) is 4.83. The number of pyridine rings is 1. The molecular formula is C26H31F3N6O3. The fourth-order valence-electron chi connectivity index (χ4n) is 4.69. The summed E-state index contributed by atoms with van der Waals surface area (Å²) >= 11 is 0. The highest BCUT2D eigenvalue weighted by Crippen LogP contribution is 2.40. The van der Waals surface area contributed by atoms with Gasteiger partial charge in [0.15, 0.2) is 5.65 Å².